The molecule has 0 N–H and O–H groups in total. The van der Waals surface area contributed by atoms with E-state index >= 15 is 0 Å². The van der Waals surface area contributed by atoms with Crippen molar-refractivity contribution in [1.82, 2.24) is 0 Å². The summed E-state index contributed by atoms with van der Waals surface area (Å²) in [7, 11) is 0. The zero-order valence-corrected chi connectivity index (χ0v) is 7.02. The van der Waals surface area contributed by atoms with Gasteiger partial charge >= 0.3 is 28.9 Å². The summed E-state index contributed by atoms with van der Waals surface area (Å²) in [6.07, 6.45) is 0.200. The number of rotatable bonds is 2. The van der Waals surface area contributed by atoms with Gasteiger partial charge in [-0.25, -0.2) is 9.59 Å². The number of hydrogen-bond donors (Lipinski definition) is 0. The maximum absolute atomic E-state index is 10.4. The number of hydrogen-bond acceptors (Lipinski definition) is 6. The molecule has 6 nitrogen and oxygen atoms in total. The van der Waals surface area contributed by atoms with Crippen molar-refractivity contribution >= 4 is 40.9 Å². The zero-order valence-electron chi connectivity index (χ0n) is 5.38. The van der Waals surface area contributed by atoms with E-state index in [2.05, 4.69) is 13.6 Å². The lowest BCUT2D eigenvalue weighted by molar-refractivity contribution is 0.219. The molecule has 0 spiro atoms. The van der Waals surface area contributed by atoms with Gasteiger partial charge in [0.1, 0.15) is 4.40 Å². The lowest BCUT2D eigenvalue weighted by Crippen LogP contribution is -1.87. The topological polar surface area (TPSA) is 91.9 Å². The number of isothiocyanates is 1. The molecule has 0 saturated heterocycles. The Kier molecular flexibility index (Phi) is 6.64. The van der Waals surface area contributed by atoms with Crippen LogP contribution in [0.25, 0.3) is 0 Å². The number of isocyanates is 1. The summed E-state index contributed by atoms with van der Waals surface area (Å²) in [5.41, 5.74) is 0. The monoisotopic (exact) mass is 202 g/mol. The molecule has 0 rings (SSSR count). The number of aliphatic imine (C=N–C) groups is 1. The molecule has 0 fully saturated rings. The number of thiocyanates is 1. The second kappa shape index (κ2) is 7.60. The summed E-state index contributed by atoms with van der Waals surface area (Å²) in [4.78, 5) is 22.9. The third-order valence-electron chi connectivity index (χ3n) is 0.411. The summed E-state index contributed by atoms with van der Waals surface area (Å²) in [6, 6.07) is 0. The molecule has 0 aromatic rings. The SMILES string of the molecule is N#CSOC(=O)N=C=[S+]N=C=O. The maximum Gasteiger partial charge on any atom is 0.459 e. The van der Waals surface area contributed by atoms with E-state index in [1.54, 1.807) is 0 Å². The molecular formula is C4N3O3S2+. The van der Waals surface area contributed by atoms with Gasteiger partial charge in [-0.05, 0) is 0 Å². The summed E-state index contributed by atoms with van der Waals surface area (Å²) >= 11 is 0.792. The van der Waals surface area contributed by atoms with Crippen molar-refractivity contribution in [3.8, 4) is 5.40 Å². The van der Waals surface area contributed by atoms with Gasteiger partial charge in [0.25, 0.3) is 0 Å². The van der Waals surface area contributed by atoms with Crippen molar-refractivity contribution in [1.29, 1.82) is 5.26 Å². The van der Waals surface area contributed by atoms with E-state index in [0.717, 1.165) is 0 Å². The van der Waals surface area contributed by atoms with Gasteiger partial charge < -0.3 is 4.18 Å². The van der Waals surface area contributed by atoms with E-state index in [1.165, 1.54) is 11.5 Å². The van der Waals surface area contributed by atoms with Crippen LogP contribution >= 0.6 is 12.0 Å². The molecule has 0 aromatic heterocycles. The van der Waals surface area contributed by atoms with Gasteiger partial charge in [0.2, 0.25) is 0 Å². The fourth-order valence-corrected chi connectivity index (χ4v) is 0.509. The largest absolute Gasteiger partial charge is 0.459 e. The molecule has 0 radical (unpaired) electrons. The second-order valence-electron chi connectivity index (χ2n) is 1.00. The lowest BCUT2D eigenvalue weighted by Gasteiger charge is -1.82. The Bertz CT molecular complexity index is 308. The molecule has 0 bridgehead atoms. The van der Waals surface area contributed by atoms with E-state index in [9.17, 15) is 9.59 Å². The van der Waals surface area contributed by atoms with E-state index in [0.29, 0.717) is 11.5 Å². The van der Waals surface area contributed by atoms with Gasteiger partial charge in [0, 0.05) is 0 Å². The van der Waals surface area contributed by atoms with Gasteiger partial charge in [-0.1, -0.05) is 4.99 Å². The third-order valence-corrected chi connectivity index (χ3v) is 1.05. The maximum atomic E-state index is 10.4. The van der Waals surface area contributed by atoms with Gasteiger partial charge in [-0.2, -0.15) is 5.26 Å². The average Bonchev–Trinajstić information content (AvgIpc) is 2.09. The van der Waals surface area contributed by atoms with Crippen molar-refractivity contribution in [2.75, 3.05) is 0 Å². The predicted octanol–water partition coefficient (Wildman–Crippen LogP) is 0.491. The van der Waals surface area contributed by atoms with Crippen molar-refractivity contribution in [3.05, 3.63) is 0 Å². The molecule has 0 aliphatic heterocycles. The van der Waals surface area contributed by atoms with Crippen LogP contribution in [0.15, 0.2) is 9.39 Å². The Morgan fingerprint density at radius 3 is 3.00 bits per heavy atom. The van der Waals surface area contributed by atoms with E-state index in [1.807, 2.05) is 5.16 Å². The molecule has 8 heteroatoms. The Hall–Kier alpha value is -1.51. The number of nitriles is 1. The van der Waals surface area contributed by atoms with Gasteiger partial charge in [0.05, 0.1) is 0 Å². The fraction of sp³-hybridized carbons (Fsp3) is 0. The number of carbonyl (C=O) groups is 1. The highest BCUT2D eigenvalue weighted by Crippen LogP contribution is 1.99. The van der Waals surface area contributed by atoms with E-state index in [4.69, 9.17) is 5.26 Å². The third kappa shape index (κ3) is 6.61. The Labute approximate surface area is 75.2 Å². The van der Waals surface area contributed by atoms with Crippen LogP contribution in [0.1, 0.15) is 0 Å². The predicted molar refractivity (Wildman–Crippen MR) is 42.6 cm³/mol. The van der Waals surface area contributed by atoms with Crippen LogP contribution in [-0.4, -0.2) is 17.3 Å². The van der Waals surface area contributed by atoms with Crippen LogP contribution in [0.2, 0.25) is 0 Å². The summed E-state index contributed by atoms with van der Waals surface area (Å²) in [5.74, 6) is 0. The van der Waals surface area contributed by atoms with Crippen molar-refractivity contribution in [2.45, 2.75) is 0 Å². The highest BCUT2D eigenvalue weighted by Gasteiger charge is 1.99. The standard InChI is InChI=1S/C4N3O3S2/c5-1-12-10-4(9)6-3-11-7-2-8/q+1. The molecule has 0 aromatic carbocycles. The molecule has 0 saturated carbocycles. The van der Waals surface area contributed by atoms with Crippen LogP contribution in [0, 0.1) is 10.7 Å². The van der Waals surface area contributed by atoms with Crippen LogP contribution in [-0.2, 0) is 20.5 Å². The van der Waals surface area contributed by atoms with Crippen molar-refractivity contribution in [3.63, 3.8) is 0 Å². The first-order valence-corrected chi connectivity index (χ1v) is 3.78. The summed E-state index contributed by atoms with van der Waals surface area (Å²) in [6.45, 7) is 0. The Balaban J connectivity index is 3.92. The molecule has 0 aliphatic carbocycles. The zero-order chi connectivity index (χ0) is 9.23. The Morgan fingerprint density at radius 1 is 1.67 bits per heavy atom. The molecule has 0 heterocycles. The highest BCUT2D eigenvalue weighted by atomic mass is 32.2. The molecule has 12 heavy (non-hydrogen) atoms. The molecular weight excluding hydrogens is 202 g/mol. The van der Waals surface area contributed by atoms with E-state index < -0.39 is 6.09 Å². The Morgan fingerprint density at radius 2 is 2.42 bits per heavy atom. The van der Waals surface area contributed by atoms with Gasteiger partial charge in [0.15, 0.2) is 17.4 Å². The van der Waals surface area contributed by atoms with Crippen LogP contribution in [0.3, 0.4) is 0 Å². The molecule has 60 valence electrons. The molecule has 1 amide bonds. The van der Waals surface area contributed by atoms with Crippen LogP contribution < -0.4 is 0 Å². The second-order valence-corrected chi connectivity index (χ2v) is 2.06. The normalized spacial score (nSPS) is 6.58. The molecule has 0 unspecified atom stereocenters. The first-order chi connectivity index (χ1) is 5.81. The molecule has 0 aliphatic rings. The number of nitrogens with zero attached hydrogens (tertiary/aromatic N) is 3. The minimum Gasteiger partial charge on any atom is -0.357 e. The minimum atomic E-state index is -0.991. The lowest BCUT2D eigenvalue weighted by atomic mass is 11.2. The van der Waals surface area contributed by atoms with Crippen molar-refractivity contribution in [2.24, 2.45) is 9.39 Å². The van der Waals surface area contributed by atoms with Crippen LogP contribution in [0.4, 0.5) is 4.79 Å². The number of carbonyl (C=O) groups excluding carboxylic acids is 2. The number of amides is 1. The van der Waals surface area contributed by atoms with Crippen LogP contribution in [0.5, 0.6) is 0 Å². The van der Waals surface area contributed by atoms with Gasteiger partial charge in [-0.3, -0.25) is 0 Å². The first-order valence-electron chi connectivity index (χ1n) is 2.26. The quantitative estimate of drug-likeness (QED) is 0.123. The smallest absolute Gasteiger partial charge is 0.357 e. The highest BCUT2D eigenvalue weighted by molar-refractivity contribution is 7.99. The summed E-state index contributed by atoms with van der Waals surface area (Å²) in [5, 5.41) is 11.4. The molecule has 0 atom stereocenters. The minimum absolute atomic E-state index is 0.285. The van der Waals surface area contributed by atoms with Crippen molar-refractivity contribution < 1.29 is 13.8 Å². The van der Waals surface area contributed by atoms with E-state index in [-0.39, 0.29) is 12.0 Å². The average molecular weight is 202 g/mol. The summed E-state index contributed by atoms with van der Waals surface area (Å²) < 4.78 is 7.06. The first kappa shape index (κ1) is 10.5. The van der Waals surface area contributed by atoms with Gasteiger partial charge in [-0.15, -0.1) is 0 Å². The fourth-order valence-electron chi connectivity index (χ4n) is 0.170.